The molecule has 0 aliphatic heterocycles. The van der Waals surface area contributed by atoms with E-state index >= 15 is 0 Å². The molecule has 0 aromatic heterocycles. The largest absolute Gasteiger partial charge is 0.434 e. The average Bonchev–Trinajstić information content (AvgIpc) is 1.35. The van der Waals surface area contributed by atoms with Crippen LogP contribution in [0.15, 0.2) is 6.58 Å². The molecule has 0 aromatic carbocycles. The summed E-state index contributed by atoms with van der Waals surface area (Å²) in [5.74, 6) is 2.41. The first kappa shape index (κ1) is 11.0. The van der Waals surface area contributed by atoms with Crippen LogP contribution in [-0.2, 0) is 37.3 Å². The van der Waals surface area contributed by atoms with Gasteiger partial charge in [0.05, 0.1) is 0 Å². The zero-order valence-electron chi connectivity index (χ0n) is 4.64. The Hall–Kier alpha value is 1.07. The van der Waals surface area contributed by atoms with Crippen LogP contribution in [0.25, 0.3) is 0 Å². The van der Waals surface area contributed by atoms with Gasteiger partial charge in [-0.2, -0.15) is 0 Å². The van der Waals surface area contributed by atoms with Crippen LogP contribution < -0.4 is 0 Å². The molecular weight excluding hydrogens is 184 g/mol. The molecule has 3 heteroatoms. The third-order valence-electron chi connectivity index (χ3n) is 0.381. The van der Waals surface area contributed by atoms with Crippen molar-refractivity contribution in [3.8, 4) is 0 Å². The Kier molecular flexibility index (Phi) is 6.26. The van der Waals surface area contributed by atoms with Crippen LogP contribution in [0.5, 0.6) is 0 Å². The molecule has 7 heavy (non-hydrogen) atoms. The zero-order chi connectivity index (χ0) is 5.21. The quantitative estimate of drug-likeness (QED) is 0.455. The molecule has 1 radical (unpaired) electrons. The maximum Gasteiger partial charge on any atom is 0 e. The second-order valence-electron chi connectivity index (χ2n) is 1.51. The van der Waals surface area contributed by atoms with Gasteiger partial charge in [-0.1, -0.05) is 7.14 Å². The van der Waals surface area contributed by atoms with Gasteiger partial charge in [-0.3, -0.25) is 6.58 Å². The molecule has 0 aliphatic rings. The van der Waals surface area contributed by atoms with E-state index in [0.29, 0.717) is 0 Å². The minimum Gasteiger partial charge on any atom is -0.434 e. The van der Waals surface area contributed by atoms with E-state index in [1.807, 2.05) is 0 Å². The summed E-state index contributed by atoms with van der Waals surface area (Å²) in [7, 11) is -2.01. The molecule has 0 spiro atoms. The van der Waals surface area contributed by atoms with Crippen LogP contribution in [0.3, 0.4) is 0 Å². The monoisotopic (exact) mass is 192 g/mol. The summed E-state index contributed by atoms with van der Waals surface area (Å²) >= 11 is 0. The molecule has 0 aliphatic carbocycles. The number of hydrogen-bond acceptors (Lipinski definition) is 1. The Bertz CT molecular complexity index is 93.9. The smallest absolute Gasteiger partial charge is 0 e. The summed E-state index contributed by atoms with van der Waals surface area (Å²) in [6.45, 7) is 6.49. The van der Waals surface area contributed by atoms with Crippen LogP contribution in [0, 0.1) is 5.82 Å². The molecular formula is C4H8OPY-. The molecule has 0 atom stereocenters. The Morgan fingerprint density at radius 3 is 1.71 bits per heavy atom. The van der Waals surface area contributed by atoms with Crippen molar-refractivity contribution in [2.45, 2.75) is 0 Å². The Morgan fingerprint density at radius 2 is 1.71 bits per heavy atom. The van der Waals surface area contributed by atoms with Crippen LogP contribution in [0.2, 0.25) is 0 Å². The van der Waals surface area contributed by atoms with Gasteiger partial charge < -0.3 is 10.4 Å². The minimum absolute atomic E-state index is 0. The summed E-state index contributed by atoms with van der Waals surface area (Å²) in [6.07, 6.45) is 0. The van der Waals surface area contributed by atoms with Crippen LogP contribution in [0.1, 0.15) is 0 Å². The molecule has 1 nitrogen and oxygen atoms in total. The number of hydrogen-bond donors (Lipinski definition) is 0. The second kappa shape index (κ2) is 4.00. The summed E-state index contributed by atoms with van der Waals surface area (Å²) < 4.78 is 10.4. The van der Waals surface area contributed by atoms with Gasteiger partial charge in [0.2, 0.25) is 0 Å². The van der Waals surface area contributed by atoms with Crippen molar-refractivity contribution in [1.29, 1.82) is 0 Å². The zero-order valence-corrected chi connectivity index (χ0v) is 8.37. The minimum atomic E-state index is -2.01. The van der Waals surface area contributed by atoms with E-state index in [9.17, 15) is 4.57 Å². The summed E-state index contributed by atoms with van der Waals surface area (Å²) in [4.78, 5) is 0. The normalized spacial score (nSPS) is 9.43. The Labute approximate surface area is 69.8 Å². The first-order chi connectivity index (χ1) is 2.56. The van der Waals surface area contributed by atoms with E-state index < -0.39 is 7.14 Å². The number of rotatable bonds is 1. The van der Waals surface area contributed by atoms with Crippen LogP contribution in [-0.4, -0.2) is 13.3 Å². The van der Waals surface area contributed by atoms with E-state index in [-0.39, 0.29) is 32.7 Å². The molecule has 0 N–H and O–H groups in total. The molecule has 0 unspecified atom stereocenters. The van der Waals surface area contributed by atoms with Crippen molar-refractivity contribution >= 4 is 7.14 Å². The Balaban J connectivity index is 0. The van der Waals surface area contributed by atoms with Crippen LogP contribution >= 0.6 is 7.14 Å². The van der Waals surface area contributed by atoms with Gasteiger partial charge in [-0.15, -0.1) is 0 Å². The van der Waals surface area contributed by atoms with Crippen molar-refractivity contribution in [1.82, 2.24) is 0 Å². The van der Waals surface area contributed by atoms with Gasteiger partial charge >= 0.3 is 0 Å². The predicted octanol–water partition coefficient (Wildman–Crippen LogP) is 1.55. The SMILES string of the molecule is C=[C-]P(C)(C)=O.[Y]. The third kappa shape index (κ3) is 11.0. The average molecular weight is 192 g/mol. The Morgan fingerprint density at radius 1 is 1.57 bits per heavy atom. The van der Waals surface area contributed by atoms with E-state index in [1.54, 1.807) is 13.3 Å². The van der Waals surface area contributed by atoms with Crippen molar-refractivity contribution < 1.29 is 37.3 Å². The molecule has 39 valence electrons. The predicted molar refractivity (Wildman–Crippen MR) is 28.3 cm³/mol. The van der Waals surface area contributed by atoms with Gasteiger partial charge in [0, 0.05) is 32.7 Å². The van der Waals surface area contributed by atoms with Gasteiger partial charge in [0.1, 0.15) is 0 Å². The fraction of sp³-hybridized carbons (Fsp3) is 0.500. The van der Waals surface area contributed by atoms with Gasteiger partial charge in [-0.05, 0) is 13.3 Å². The molecule has 0 aromatic rings. The van der Waals surface area contributed by atoms with Crippen LogP contribution in [0.4, 0.5) is 0 Å². The maximum atomic E-state index is 10.4. The maximum absolute atomic E-state index is 10.4. The fourth-order valence-corrected chi connectivity index (χ4v) is 0. The first-order valence-corrected chi connectivity index (χ1v) is 4.26. The van der Waals surface area contributed by atoms with Crippen molar-refractivity contribution in [3.05, 3.63) is 12.4 Å². The molecule has 0 rings (SSSR count). The van der Waals surface area contributed by atoms with E-state index in [0.717, 1.165) is 0 Å². The van der Waals surface area contributed by atoms with Crippen molar-refractivity contribution in [2.75, 3.05) is 13.3 Å². The standard InChI is InChI=1S/C4H8OP.Y/c1-4-6(2,3)5;/h1H2,2-3H3;/q-1;. The third-order valence-corrected chi connectivity index (χ3v) is 1.14. The first-order valence-electron chi connectivity index (χ1n) is 1.65. The summed E-state index contributed by atoms with van der Waals surface area (Å²) in [5, 5.41) is 0. The van der Waals surface area contributed by atoms with E-state index in [1.165, 1.54) is 0 Å². The van der Waals surface area contributed by atoms with Gasteiger partial charge in [0.15, 0.2) is 0 Å². The molecule has 0 amide bonds. The van der Waals surface area contributed by atoms with Crippen molar-refractivity contribution in [3.63, 3.8) is 0 Å². The van der Waals surface area contributed by atoms with Crippen molar-refractivity contribution in [2.24, 2.45) is 0 Å². The molecule has 0 heterocycles. The molecule has 0 saturated heterocycles. The topological polar surface area (TPSA) is 17.1 Å². The van der Waals surface area contributed by atoms with Gasteiger partial charge in [-0.25, -0.2) is 0 Å². The molecule has 0 bridgehead atoms. The summed E-state index contributed by atoms with van der Waals surface area (Å²) in [6, 6.07) is 0. The molecule has 0 fully saturated rings. The van der Waals surface area contributed by atoms with E-state index in [2.05, 4.69) is 12.4 Å². The van der Waals surface area contributed by atoms with E-state index in [4.69, 9.17) is 0 Å². The summed E-state index contributed by atoms with van der Waals surface area (Å²) in [5.41, 5.74) is 0. The molecule has 0 saturated carbocycles. The second-order valence-corrected chi connectivity index (χ2v) is 4.53. The van der Waals surface area contributed by atoms with Gasteiger partial charge in [0.25, 0.3) is 0 Å². The fourth-order valence-electron chi connectivity index (χ4n) is 0.